The van der Waals surface area contributed by atoms with Gasteiger partial charge in [0, 0.05) is 24.8 Å². The zero-order valence-electron chi connectivity index (χ0n) is 14.1. The van der Waals surface area contributed by atoms with Crippen molar-refractivity contribution in [2.75, 3.05) is 25.1 Å². The van der Waals surface area contributed by atoms with Crippen LogP contribution in [0.5, 0.6) is 5.75 Å². The Kier molecular flexibility index (Phi) is 5.42. The summed E-state index contributed by atoms with van der Waals surface area (Å²) in [5, 5.41) is 3.29. The van der Waals surface area contributed by atoms with Gasteiger partial charge in [0.05, 0.1) is 13.0 Å². The number of anilines is 1. The smallest absolute Gasteiger partial charge is 0.225 e. The molecule has 1 atom stereocenters. The molecule has 0 unspecified atom stereocenters. The topological polar surface area (TPSA) is 41.6 Å². The van der Waals surface area contributed by atoms with Gasteiger partial charge in [-0.25, -0.2) is 0 Å². The Hall–Kier alpha value is -1.71. The molecule has 126 valence electrons. The highest BCUT2D eigenvalue weighted by atomic mass is 16.5. The Morgan fingerprint density at radius 1 is 1.09 bits per heavy atom. The van der Waals surface area contributed by atoms with Crippen molar-refractivity contribution < 1.29 is 9.53 Å². The zero-order chi connectivity index (χ0) is 16.1. The normalized spacial score (nSPS) is 22.7. The molecule has 3 rings (SSSR count). The highest BCUT2D eigenvalue weighted by Gasteiger charge is 2.27. The summed E-state index contributed by atoms with van der Waals surface area (Å²) in [6.45, 7) is 1.85. The Labute approximate surface area is 139 Å². The van der Waals surface area contributed by atoms with Crippen LogP contribution in [0, 0.1) is 5.92 Å². The molecule has 2 aliphatic rings. The number of rotatable bonds is 4. The Balaban J connectivity index is 1.57. The Morgan fingerprint density at radius 2 is 1.83 bits per heavy atom. The Bertz CT molecular complexity index is 509. The second kappa shape index (κ2) is 7.71. The van der Waals surface area contributed by atoms with Gasteiger partial charge in [-0.1, -0.05) is 19.3 Å². The number of nitrogens with one attached hydrogen (secondary N) is 1. The molecule has 4 nitrogen and oxygen atoms in total. The standard InChI is InChI=1S/C19H28N2O2/c1-23-18-11-9-17(10-12-18)21-13-5-6-15(14-21)19(22)20-16-7-3-2-4-8-16/h9-12,15-16H,2-8,13-14H2,1H3,(H,20,22)/t15-/m0/s1. The van der Waals surface area contributed by atoms with E-state index in [2.05, 4.69) is 22.3 Å². The molecule has 23 heavy (non-hydrogen) atoms. The summed E-state index contributed by atoms with van der Waals surface area (Å²) in [5.74, 6) is 1.25. The highest BCUT2D eigenvalue weighted by molar-refractivity contribution is 5.80. The second-order valence-electron chi connectivity index (χ2n) is 6.83. The molecule has 2 fully saturated rings. The van der Waals surface area contributed by atoms with Gasteiger partial charge in [0.1, 0.15) is 5.75 Å². The molecule has 1 amide bonds. The number of hydrogen-bond acceptors (Lipinski definition) is 3. The number of piperidine rings is 1. The predicted octanol–water partition coefficient (Wildman–Crippen LogP) is 3.36. The van der Waals surface area contributed by atoms with Crippen LogP contribution in [0.1, 0.15) is 44.9 Å². The Morgan fingerprint density at radius 3 is 2.52 bits per heavy atom. The number of carbonyl (C=O) groups excluding carboxylic acids is 1. The summed E-state index contributed by atoms with van der Waals surface area (Å²) >= 11 is 0. The van der Waals surface area contributed by atoms with Crippen LogP contribution in [-0.4, -0.2) is 32.1 Å². The van der Waals surface area contributed by atoms with E-state index in [1.54, 1.807) is 7.11 Å². The molecule has 1 aromatic rings. The van der Waals surface area contributed by atoms with Crippen LogP contribution >= 0.6 is 0 Å². The first-order valence-electron chi connectivity index (χ1n) is 8.95. The van der Waals surface area contributed by atoms with Crippen LogP contribution in [0.15, 0.2) is 24.3 Å². The fraction of sp³-hybridized carbons (Fsp3) is 0.632. The molecule has 1 saturated carbocycles. The summed E-state index contributed by atoms with van der Waals surface area (Å²) in [4.78, 5) is 14.9. The monoisotopic (exact) mass is 316 g/mol. The first-order chi connectivity index (χ1) is 11.3. The molecule has 1 N–H and O–H groups in total. The highest BCUT2D eigenvalue weighted by Crippen LogP contribution is 2.26. The number of hydrogen-bond donors (Lipinski definition) is 1. The van der Waals surface area contributed by atoms with E-state index in [0.29, 0.717) is 6.04 Å². The van der Waals surface area contributed by atoms with Crippen LogP contribution in [0.25, 0.3) is 0 Å². The number of amides is 1. The molecule has 1 saturated heterocycles. The zero-order valence-corrected chi connectivity index (χ0v) is 14.1. The quantitative estimate of drug-likeness (QED) is 0.926. The largest absolute Gasteiger partial charge is 0.497 e. The lowest BCUT2D eigenvalue weighted by Crippen LogP contribution is -2.46. The summed E-state index contributed by atoms with van der Waals surface area (Å²) in [5.41, 5.74) is 1.18. The SMILES string of the molecule is COc1ccc(N2CCC[C@H](C(=O)NC3CCCCC3)C2)cc1. The fourth-order valence-corrected chi connectivity index (χ4v) is 3.78. The van der Waals surface area contributed by atoms with E-state index in [-0.39, 0.29) is 11.8 Å². The van der Waals surface area contributed by atoms with Crippen molar-refractivity contribution >= 4 is 11.6 Å². The number of ether oxygens (including phenoxy) is 1. The predicted molar refractivity (Wildman–Crippen MR) is 92.9 cm³/mol. The second-order valence-corrected chi connectivity index (χ2v) is 6.83. The number of benzene rings is 1. The number of methoxy groups -OCH3 is 1. The van der Waals surface area contributed by atoms with E-state index < -0.39 is 0 Å². The average Bonchev–Trinajstić information content (AvgIpc) is 2.63. The fourth-order valence-electron chi connectivity index (χ4n) is 3.78. The van der Waals surface area contributed by atoms with Crippen LogP contribution in [0.3, 0.4) is 0 Å². The lowest BCUT2D eigenvalue weighted by atomic mass is 9.93. The van der Waals surface area contributed by atoms with Crippen LogP contribution < -0.4 is 15.0 Å². The van der Waals surface area contributed by atoms with Crippen molar-refractivity contribution in [1.29, 1.82) is 0 Å². The van der Waals surface area contributed by atoms with E-state index in [1.165, 1.54) is 24.9 Å². The van der Waals surface area contributed by atoms with Crippen molar-refractivity contribution in [3.05, 3.63) is 24.3 Å². The van der Waals surface area contributed by atoms with Crippen LogP contribution in [0.4, 0.5) is 5.69 Å². The summed E-state index contributed by atoms with van der Waals surface area (Å²) in [7, 11) is 1.68. The molecular formula is C19H28N2O2. The van der Waals surface area contributed by atoms with Crippen LogP contribution in [0.2, 0.25) is 0 Å². The summed E-state index contributed by atoms with van der Waals surface area (Å²) in [6, 6.07) is 8.55. The molecule has 1 aromatic carbocycles. The van der Waals surface area contributed by atoms with Gasteiger partial charge in [0.2, 0.25) is 5.91 Å². The van der Waals surface area contributed by atoms with E-state index in [1.807, 2.05) is 12.1 Å². The summed E-state index contributed by atoms with van der Waals surface area (Å²) in [6.07, 6.45) is 8.23. The van der Waals surface area contributed by atoms with Gasteiger partial charge in [0.15, 0.2) is 0 Å². The van der Waals surface area contributed by atoms with Crippen molar-refractivity contribution in [1.82, 2.24) is 5.32 Å². The third-order valence-electron chi connectivity index (χ3n) is 5.18. The van der Waals surface area contributed by atoms with Gasteiger partial charge in [-0.3, -0.25) is 4.79 Å². The van der Waals surface area contributed by atoms with Gasteiger partial charge < -0.3 is 15.0 Å². The molecule has 1 aliphatic carbocycles. The van der Waals surface area contributed by atoms with Gasteiger partial charge in [-0.2, -0.15) is 0 Å². The van der Waals surface area contributed by atoms with Gasteiger partial charge in [0.25, 0.3) is 0 Å². The van der Waals surface area contributed by atoms with Gasteiger partial charge >= 0.3 is 0 Å². The van der Waals surface area contributed by atoms with Crippen LogP contribution in [-0.2, 0) is 4.79 Å². The maximum atomic E-state index is 12.6. The minimum Gasteiger partial charge on any atom is -0.497 e. The summed E-state index contributed by atoms with van der Waals surface area (Å²) < 4.78 is 5.22. The van der Waals surface area contributed by atoms with E-state index >= 15 is 0 Å². The minimum absolute atomic E-state index is 0.118. The van der Waals surface area contributed by atoms with Gasteiger partial charge in [-0.15, -0.1) is 0 Å². The molecule has 4 heteroatoms. The van der Waals surface area contributed by atoms with Gasteiger partial charge in [-0.05, 0) is 49.9 Å². The maximum absolute atomic E-state index is 12.6. The average molecular weight is 316 g/mol. The van der Waals surface area contributed by atoms with E-state index in [4.69, 9.17) is 4.74 Å². The maximum Gasteiger partial charge on any atom is 0.225 e. The van der Waals surface area contributed by atoms with Crippen molar-refractivity contribution in [3.8, 4) is 5.75 Å². The molecule has 1 heterocycles. The molecular weight excluding hydrogens is 288 g/mol. The molecule has 0 aromatic heterocycles. The lowest BCUT2D eigenvalue weighted by Gasteiger charge is -2.35. The molecule has 1 aliphatic heterocycles. The first kappa shape index (κ1) is 16.2. The van der Waals surface area contributed by atoms with Crippen molar-refractivity contribution in [2.24, 2.45) is 5.92 Å². The van der Waals surface area contributed by atoms with E-state index in [9.17, 15) is 4.79 Å². The minimum atomic E-state index is 0.118. The van der Waals surface area contributed by atoms with Crippen molar-refractivity contribution in [2.45, 2.75) is 51.0 Å². The number of carbonyl (C=O) groups is 1. The third-order valence-corrected chi connectivity index (χ3v) is 5.18. The first-order valence-corrected chi connectivity index (χ1v) is 8.95. The van der Waals surface area contributed by atoms with Crippen molar-refractivity contribution in [3.63, 3.8) is 0 Å². The van der Waals surface area contributed by atoms with E-state index in [0.717, 1.165) is 44.5 Å². The third kappa shape index (κ3) is 4.18. The number of nitrogens with zero attached hydrogens (tertiary/aromatic N) is 1. The lowest BCUT2D eigenvalue weighted by molar-refractivity contribution is -0.126. The molecule has 0 bridgehead atoms. The molecule has 0 radical (unpaired) electrons. The molecule has 0 spiro atoms.